The molecule has 3 aliphatic heterocycles. The molecule has 0 aliphatic carbocycles. The van der Waals surface area contributed by atoms with Crippen LogP contribution in [0.3, 0.4) is 0 Å². The molecule has 2 unspecified atom stereocenters. The molecule has 1 fully saturated rings. The first-order valence-corrected chi connectivity index (χ1v) is 5.98. The van der Waals surface area contributed by atoms with Gasteiger partial charge in [-0.15, -0.1) is 10.5 Å². The molecule has 0 aromatic heterocycles. The number of nitrogens with zero attached hydrogens (tertiary/aromatic N) is 2. The minimum Gasteiger partial charge on any atom is -0.263 e. The number of hydrogen-bond donors (Lipinski definition) is 0. The van der Waals surface area contributed by atoms with Crippen LogP contribution in [-0.2, 0) is 0 Å². The normalized spacial score (nSPS) is 35.7. The van der Waals surface area contributed by atoms with Crippen LogP contribution in [0.15, 0.2) is 28.2 Å². The Hall–Kier alpha value is -0.670. The predicted molar refractivity (Wildman–Crippen MR) is 58.3 cm³/mol. The van der Waals surface area contributed by atoms with E-state index in [0.717, 1.165) is 6.54 Å². The number of aliphatic imine (C=N–C) groups is 1. The lowest BCUT2D eigenvalue weighted by Gasteiger charge is -2.10. The van der Waals surface area contributed by atoms with E-state index in [-0.39, 0.29) is 10.5 Å². The SMILES string of the molecule is C1=CS(C2CCC[N]2)=C2C=NC=C12. The molecule has 0 spiro atoms. The number of allylic oxidation sites excluding steroid dienone is 2. The lowest BCUT2D eigenvalue weighted by atomic mass is 10.2. The Morgan fingerprint density at radius 3 is 3.31 bits per heavy atom. The maximum absolute atomic E-state index is 4.63. The van der Waals surface area contributed by atoms with Gasteiger partial charge in [-0.05, 0) is 24.3 Å². The van der Waals surface area contributed by atoms with E-state index >= 15 is 0 Å². The van der Waals surface area contributed by atoms with E-state index in [2.05, 4.69) is 21.8 Å². The van der Waals surface area contributed by atoms with Crippen molar-refractivity contribution in [3.8, 4) is 0 Å². The minimum atomic E-state index is 0.244. The molecule has 0 bridgehead atoms. The molecule has 3 heteroatoms. The Morgan fingerprint density at radius 1 is 1.46 bits per heavy atom. The molecule has 2 atom stereocenters. The van der Waals surface area contributed by atoms with E-state index in [1.54, 1.807) is 0 Å². The standard InChI is InChI=1S/C10H11N2S/c1-2-10(12-4-1)13-5-3-8-6-11-7-9(8)13/h3,5-7,10H,1-2,4H2. The van der Waals surface area contributed by atoms with Gasteiger partial charge in [-0.3, -0.25) is 4.99 Å². The molecule has 13 heavy (non-hydrogen) atoms. The fourth-order valence-corrected chi connectivity index (χ4v) is 4.08. The van der Waals surface area contributed by atoms with Crippen molar-refractivity contribution in [1.82, 2.24) is 5.32 Å². The second-order valence-corrected chi connectivity index (χ2v) is 5.40. The summed E-state index contributed by atoms with van der Waals surface area (Å²) in [7, 11) is 0.244. The largest absolute Gasteiger partial charge is 0.263 e. The Labute approximate surface area is 80.4 Å². The second-order valence-electron chi connectivity index (χ2n) is 3.40. The molecule has 2 nitrogen and oxygen atoms in total. The highest BCUT2D eigenvalue weighted by Gasteiger charge is 2.24. The molecule has 3 rings (SSSR count). The third-order valence-corrected chi connectivity index (χ3v) is 4.82. The highest BCUT2D eigenvalue weighted by molar-refractivity contribution is 8.20. The maximum Gasteiger partial charge on any atom is 0.0694 e. The van der Waals surface area contributed by atoms with Crippen molar-refractivity contribution in [3.63, 3.8) is 0 Å². The van der Waals surface area contributed by atoms with Crippen LogP contribution in [-0.4, -0.2) is 23.0 Å². The highest BCUT2D eigenvalue weighted by atomic mass is 32.2. The number of rotatable bonds is 1. The average molecular weight is 191 g/mol. The predicted octanol–water partition coefficient (Wildman–Crippen LogP) is 1.65. The van der Waals surface area contributed by atoms with Gasteiger partial charge < -0.3 is 0 Å². The van der Waals surface area contributed by atoms with E-state index < -0.39 is 0 Å². The third kappa shape index (κ3) is 1.15. The van der Waals surface area contributed by atoms with Crippen LogP contribution in [0.5, 0.6) is 0 Å². The zero-order valence-electron chi connectivity index (χ0n) is 7.31. The smallest absolute Gasteiger partial charge is 0.0694 e. The van der Waals surface area contributed by atoms with Crippen molar-refractivity contribution in [1.29, 1.82) is 0 Å². The monoisotopic (exact) mass is 191 g/mol. The van der Waals surface area contributed by atoms with Gasteiger partial charge in [0.1, 0.15) is 0 Å². The summed E-state index contributed by atoms with van der Waals surface area (Å²) in [5.41, 5.74) is 1.31. The summed E-state index contributed by atoms with van der Waals surface area (Å²) in [4.78, 5) is 5.59. The summed E-state index contributed by atoms with van der Waals surface area (Å²) in [6.45, 7) is 1.06. The van der Waals surface area contributed by atoms with Gasteiger partial charge in [0, 0.05) is 29.4 Å². The molecule has 0 aromatic rings. The fourth-order valence-electron chi connectivity index (χ4n) is 1.90. The van der Waals surface area contributed by atoms with Gasteiger partial charge in [-0.1, -0.05) is 0 Å². The average Bonchev–Trinajstić information content (AvgIpc) is 2.79. The molecule has 0 aromatic carbocycles. The summed E-state index contributed by atoms with van der Waals surface area (Å²) in [5.74, 6) is 0. The molecular formula is C10H11N2S. The Morgan fingerprint density at radius 2 is 2.46 bits per heavy atom. The minimum absolute atomic E-state index is 0.244. The molecule has 67 valence electrons. The Balaban J connectivity index is 1.98. The number of hydrogen-bond acceptors (Lipinski definition) is 1. The van der Waals surface area contributed by atoms with Crippen LogP contribution in [0, 0.1) is 0 Å². The van der Waals surface area contributed by atoms with Crippen molar-refractivity contribution in [2.75, 3.05) is 6.54 Å². The molecule has 0 saturated carbocycles. The van der Waals surface area contributed by atoms with Crippen LogP contribution in [0.25, 0.3) is 0 Å². The molecule has 0 amide bonds. The van der Waals surface area contributed by atoms with Gasteiger partial charge in [-0.2, -0.15) is 0 Å². The van der Waals surface area contributed by atoms with Crippen LogP contribution >= 0.6 is 10.5 Å². The van der Waals surface area contributed by atoms with E-state index in [1.165, 1.54) is 23.3 Å². The Kier molecular flexibility index (Phi) is 1.73. The Bertz CT molecular complexity index is 357. The van der Waals surface area contributed by atoms with Crippen LogP contribution < -0.4 is 5.32 Å². The van der Waals surface area contributed by atoms with Gasteiger partial charge in [-0.25, -0.2) is 5.32 Å². The van der Waals surface area contributed by atoms with Gasteiger partial charge in [0.2, 0.25) is 0 Å². The van der Waals surface area contributed by atoms with Crippen molar-refractivity contribution in [2.45, 2.75) is 18.2 Å². The topological polar surface area (TPSA) is 26.5 Å². The van der Waals surface area contributed by atoms with E-state index in [0.29, 0.717) is 5.37 Å². The zero-order chi connectivity index (χ0) is 8.67. The number of fused-ring (bicyclic) bond motifs is 1. The van der Waals surface area contributed by atoms with Crippen molar-refractivity contribution in [3.05, 3.63) is 23.3 Å². The van der Waals surface area contributed by atoms with Crippen molar-refractivity contribution >= 4 is 21.6 Å². The lowest BCUT2D eigenvalue weighted by molar-refractivity contribution is 0.790. The first kappa shape index (κ1) is 7.71. The van der Waals surface area contributed by atoms with Gasteiger partial charge in [0.15, 0.2) is 0 Å². The summed E-state index contributed by atoms with van der Waals surface area (Å²) in [6.07, 6.45) is 8.68. The molecule has 3 aliphatic rings. The maximum atomic E-state index is 4.63. The molecular weight excluding hydrogens is 180 g/mol. The highest BCUT2D eigenvalue weighted by Crippen LogP contribution is 2.37. The quantitative estimate of drug-likeness (QED) is 0.563. The first-order valence-electron chi connectivity index (χ1n) is 4.62. The van der Waals surface area contributed by atoms with Crippen molar-refractivity contribution < 1.29 is 0 Å². The summed E-state index contributed by atoms with van der Waals surface area (Å²) in [5, 5.41) is 7.50. The van der Waals surface area contributed by atoms with Crippen LogP contribution in [0.4, 0.5) is 0 Å². The van der Waals surface area contributed by atoms with E-state index in [9.17, 15) is 0 Å². The molecule has 1 saturated heterocycles. The first-order chi connectivity index (χ1) is 6.45. The van der Waals surface area contributed by atoms with Crippen LogP contribution in [0.2, 0.25) is 0 Å². The summed E-state index contributed by atoms with van der Waals surface area (Å²) >= 11 is 0. The molecule has 0 N–H and O–H groups in total. The van der Waals surface area contributed by atoms with Crippen molar-refractivity contribution in [2.24, 2.45) is 4.99 Å². The molecule has 3 heterocycles. The van der Waals surface area contributed by atoms with Crippen LogP contribution in [0.1, 0.15) is 12.8 Å². The second kappa shape index (κ2) is 2.93. The van der Waals surface area contributed by atoms with Gasteiger partial charge in [0.25, 0.3) is 0 Å². The van der Waals surface area contributed by atoms with E-state index in [1.807, 2.05) is 12.4 Å². The summed E-state index contributed by atoms with van der Waals surface area (Å²) < 4.78 is 0. The van der Waals surface area contributed by atoms with Gasteiger partial charge >= 0.3 is 0 Å². The van der Waals surface area contributed by atoms with Gasteiger partial charge in [0.05, 0.1) is 5.37 Å². The third-order valence-electron chi connectivity index (χ3n) is 2.57. The lowest BCUT2D eigenvalue weighted by Crippen LogP contribution is -2.12. The van der Waals surface area contributed by atoms with E-state index in [4.69, 9.17) is 0 Å². The summed E-state index contributed by atoms with van der Waals surface area (Å²) in [6, 6.07) is 0. The molecule has 1 radical (unpaired) electrons. The zero-order valence-corrected chi connectivity index (χ0v) is 8.13. The fraction of sp³-hybridized carbons (Fsp3) is 0.400.